The molecule has 0 amide bonds. The van der Waals surface area contributed by atoms with Crippen molar-refractivity contribution in [2.45, 2.75) is 39.7 Å². The van der Waals surface area contributed by atoms with E-state index in [0.29, 0.717) is 105 Å². The van der Waals surface area contributed by atoms with Crippen molar-refractivity contribution in [3.63, 3.8) is 0 Å². The van der Waals surface area contributed by atoms with Crippen LogP contribution in [0.2, 0.25) is 0 Å². The van der Waals surface area contributed by atoms with Crippen LogP contribution in [0.5, 0.6) is 0 Å². The predicted molar refractivity (Wildman–Crippen MR) is 157 cm³/mol. The molecule has 0 aliphatic carbocycles. The van der Waals surface area contributed by atoms with E-state index in [0.717, 1.165) is 25.1 Å². The SMILES string of the molecule is CCCCNc1ccc(C(=O)OCCOCCOCCOCCOCCOCCOCCOCCOC(C)C)cc1. The normalized spacial score (nSPS) is 11.3. The maximum Gasteiger partial charge on any atom is 0.338 e. The van der Waals surface area contributed by atoms with Crippen molar-refractivity contribution in [3.05, 3.63) is 29.8 Å². The number of hydrogen-bond acceptors (Lipinski definition) is 11. The number of esters is 1. The van der Waals surface area contributed by atoms with E-state index in [1.165, 1.54) is 0 Å². The van der Waals surface area contributed by atoms with Crippen LogP contribution >= 0.6 is 0 Å². The third-order valence-corrected chi connectivity index (χ3v) is 5.35. The summed E-state index contributed by atoms with van der Waals surface area (Å²) in [5.41, 5.74) is 1.52. The number of hydrogen-bond donors (Lipinski definition) is 1. The minimum absolute atomic E-state index is 0.196. The molecule has 1 rings (SSSR count). The molecule has 11 nitrogen and oxygen atoms in total. The largest absolute Gasteiger partial charge is 0.460 e. The molecule has 41 heavy (non-hydrogen) atoms. The first-order valence-electron chi connectivity index (χ1n) is 14.8. The zero-order chi connectivity index (χ0) is 29.6. The molecule has 0 aromatic heterocycles. The van der Waals surface area contributed by atoms with Gasteiger partial charge >= 0.3 is 5.97 Å². The van der Waals surface area contributed by atoms with E-state index in [1.807, 2.05) is 26.0 Å². The van der Waals surface area contributed by atoms with Crippen LogP contribution in [0.4, 0.5) is 5.69 Å². The number of carbonyl (C=O) groups is 1. The third-order valence-electron chi connectivity index (χ3n) is 5.35. The molecule has 0 saturated heterocycles. The molecule has 0 fully saturated rings. The summed E-state index contributed by atoms with van der Waals surface area (Å²) in [6.07, 6.45) is 2.48. The van der Waals surface area contributed by atoms with Crippen LogP contribution in [-0.4, -0.2) is 124 Å². The summed E-state index contributed by atoms with van der Waals surface area (Å²) in [5, 5.41) is 3.32. The van der Waals surface area contributed by atoms with E-state index >= 15 is 0 Å². The fourth-order valence-electron chi connectivity index (χ4n) is 3.17. The minimum atomic E-state index is -0.357. The van der Waals surface area contributed by atoms with Crippen LogP contribution in [0.3, 0.4) is 0 Å². The van der Waals surface area contributed by atoms with Crippen molar-refractivity contribution in [1.29, 1.82) is 0 Å². The van der Waals surface area contributed by atoms with Crippen molar-refractivity contribution in [3.8, 4) is 0 Å². The molecular weight excluding hydrogens is 534 g/mol. The molecule has 1 aromatic rings. The summed E-state index contributed by atoms with van der Waals surface area (Å²) in [6, 6.07) is 7.30. The maximum absolute atomic E-state index is 12.1. The number of nitrogens with one attached hydrogen (secondary N) is 1. The quantitative estimate of drug-likeness (QED) is 0.105. The highest BCUT2D eigenvalue weighted by molar-refractivity contribution is 5.89. The summed E-state index contributed by atoms with van der Waals surface area (Å²) in [6.45, 7) is 14.8. The predicted octanol–water partition coefficient (Wildman–Crippen LogP) is 3.60. The molecule has 0 saturated carbocycles. The second kappa shape index (κ2) is 28.3. The Labute approximate surface area is 246 Å². The topological polar surface area (TPSA) is 112 Å². The van der Waals surface area contributed by atoms with Gasteiger partial charge in [-0.15, -0.1) is 0 Å². The first-order valence-corrected chi connectivity index (χ1v) is 14.8. The maximum atomic E-state index is 12.1. The fourth-order valence-corrected chi connectivity index (χ4v) is 3.17. The molecule has 0 aliphatic heterocycles. The summed E-state index contributed by atoms with van der Waals surface area (Å²) in [7, 11) is 0. The number of unbranched alkanes of at least 4 members (excludes halogenated alkanes) is 1. The Morgan fingerprint density at radius 1 is 0.610 bits per heavy atom. The van der Waals surface area contributed by atoms with E-state index in [1.54, 1.807) is 12.1 Å². The average Bonchev–Trinajstić information content (AvgIpc) is 2.97. The fraction of sp³-hybridized carbons (Fsp3) is 0.767. The van der Waals surface area contributed by atoms with Crippen LogP contribution in [0.25, 0.3) is 0 Å². The molecule has 11 heteroatoms. The first kappa shape index (κ1) is 37.2. The molecule has 0 heterocycles. The summed E-state index contributed by atoms with van der Waals surface area (Å²) in [5.74, 6) is -0.357. The number of carbonyl (C=O) groups excluding carboxylic acids is 1. The number of ether oxygens (including phenoxy) is 9. The third kappa shape index (κ3) is 24.5. The van der Waals surface area contributed by atoms with Crippen molar-refractivity contribution < 1.29 is 47.4 Å². The van der Waals surface area contributed by atoms with E-state index in [9.17, 15) is 4.79 Å². The Bertz CT molecular complexity index is 705. The van der Waals surface area contributed by atoms with Gasteiger partial charge < -0.3 is 47.9 Å². The van der Waals surface area contributed by atoms with Crippen LogP contribution in [-0.2, 0) is 42.6 Å². The van der Waals surface area contributed by atoms with Gasteiger partial charge in [-0.1, -0.05) is 13.3 Å². The van der Waals surface area contributed by atoms with Gasteiger partial charge in [0.1, 0.15) is 6.61 Å². The molecule has 1 aromatic carbocycles. The molecule has 0 atom stereocenters. The lowest BCUT2D eigenvalue weighted by Gasteiger charge is -2.09. The molecule has 0 spiro atoms. The van der Waals surface area contributed by atoms with Gasteiger partial charge in [-0.2, -0.15) is 0 Å². The van der Waals surface area contributed by atoms with Gasteiger partial charge in [0.15, 0.2) is 0 Å². The van der Waals surface area contributed by atoms with Crippen LogP contribution in [0.15, 0.2) is 24.3 Å². The smallest absolute Gasteiger partial charge is 0.338 e. The highest BCUT2D eigenvalue weighted by atomic mass is 16.6. The van der Waals surface area contributed by atoms with Crippen LogP contribution in [0.1, 0.15) is 44.0 Å². The average molecular weight is 588 g/mol. The Balaban J connectivity index is 1.75. The van der Waals surface area contributed by atoms with Crippen molar-refractivity contribution >= 4 is 11.7 Å². The van der Waals surface area contributed by atoms with Gasteiger partial charge in [-0.05, 0) is 44.5 Å². The monoisotopic (exact) mass is 587 g/mol. The van der Waals surface area contributed by atoms with Crippen molar-refractivity contribution in [1.82, 2.24) is 0 Å². The van der Waals surface area contributed by atoms with E-state index < -0.39 is 0 Å². The molecule has 0 unspecified atom stereocenters. The van der Waals surface area contributed by atoms with E-state index in [-0.39, 0.29) is 18.7 Å². The lowest BCUT2D eigenvalue weighted by atomic mass is 10.2. The second-order valence-corrected chi connectivity index (χ2v) is 9.20. The van der Waals surface area contributed by atoms with E-state index in [4.69, 9.17) is 42.6 Å². The number of rotatable bonds is 30. The van der Waals surface area contributed by atoms with Crippen LogP contribution in [0, 0.1) is 0 Å². The Hall–Kier alpha value is -1.83. The summed E-state index contributed by atoms with van der Waals surface area (Å²) < 4.78 is 48.7. The van der Waals surface area contributed by atoms with Gasteiger partial charge in [0.2, 0.25) is 0 Å². The van der Waals surface area contributed by atoms with Gasteiger partial charge in [-0.25, -0.2) is 4.79 Å². The molecular formula is C30H53NO10. The Morgan fingerprint density at radius 3 is 1.39 bits per heavy atom. The first-order chi connectivity index (χ1) is 20.1. The highest BCUT2D eigenvalue weighted by Crippen LogP contribution is 2.10. The van der Waals surface area contributed by atoms with Gasteiger partial charge in [0.25, 0.3) is 0 Å². The standard InChI is InChI=1S/C30H53NO10/c1-4-5-10-31-29-8-6-28(7-9-29)30(32)41-26-24-39-22-20-37-18-16-35-14-12-33-11-13-34-15-17-36-19-21-38-23-25-40-27(2)3/h6-9,27,31H,4-5,10-26H2,1-3H3. The van der Waals surface area contributed by atoms with Crippen LogP contribution < -0.4 is 5.32 Å². The number of anilines is 1. The van der Waals surface area contributed by atoms with Crippen molar-refractivity contribution in [2.75, 3.05) is 118 Å². The zero-order valence-corrected chi connectivity index (χ0v) is 25.4. The molecule has 1 N–H and O–H groups in total. The molecule has 238 valence electrons. The van der Waals surface area contributed by atoms with Gasteiger partial charge in [0, 0.05) is 12.2 Å². The minimum Gasteiger partial charge on any atom is -0.460 e. The molecule has 0 bridgehead atoms. The summed E-state index contributed by atoms with van der Waals surface area (Å²) in [4.78, 5) is 12.1. The molecule has 0 radical (unpaired) electrons. The zero-order valence-electron chi connectivity index (χ0n) is 25.4. The molecule has 0 aliphatic rings. The van der Waals surface area contributed by atoms with Gasteiger partial charge in [-0.3, -0.25) is 0 Å². The lowest BCUT2D eigenvalue weighted by Crippen LogP contribution is -2.15. The highest BCUT2D eigenvalue weighted by Gasteiger charge is 2.06. The Morgan fingerprint density at radius 2 is 1.00 bits per heavy atom. The lowest BCUT2D eigenvalue weighted by molar-refractivity contribution is -0.0264. The second-order valence-electron chi connectivity index (χ2n) is 9.20. The number of benzene rings is 1. The van der Waals surface area contributed by atoms with Crippen molar-refractivity contribution in [2.24, 2.45) is 0 Å². The van der Waals surface area contributed by atoms with E-state index in [2.05, 4.69) is 12.2 Å². The summed E-state index contributed by atoms with van der Waals surface area (Å²) >= 11 is 0. The Kier molecular flexibility index (Phi) is 25.7. The van der Waals surface area contributed by atoms with Gasteiger partial charge in [0.05, 0.1) is 111 Å².